The normalized spacial score (nSPS) is 14.8. The Kier molecular flexibility index (Phi) is 5.68. The molecule has 0 aliphatic carbocycles. The minimum Gasteiger partial charge on any atom is -0.378 e. The van der Waals surface area contributed by atoms with Crippen molar-refractivity contribution in [1.29, 1.82) is 0 Å². The van der Waals surface area contributed by atoms with Gasteiger partial charge >= 0.3 is 6.18 Å². The van der Waals surface area contributed by atoms with Crippen molar-refractivity contribution in [3.8, 4) is 0 Å². The number of hydrogen-bond donors (Lipinski definition) is 1. The van der Waals surface area contributed by atoms with Crippen LogP contribution in [0.15, 0.2) is 30.5 Å². The number of alkyl halides is 3. The zero-order valence-corrected chi connectivity index (χ0v) is 15.1. The Hall–Kier alpha value is -2.88. The van der Waals surface area contributed by atoms with E-state index >= 15 is 0 Å². The Labute approximate surface area is 159 Å². The van der Waals surface area contributed by atoms with Gasteiger partial charge in [0.05, 0.1) is 30.7 Å². The molecule has 1 N–H and O–H groups in total. The fraction of sp³-hybridized carbons (Fsp3) is 0.389. The number of carbonyl (C=O) groups excluding carboxylic acids is 2. The molecule has 10 heteroatoms. The topological polar surface area (TPSA) is 76.5 Å². The summed E-state index contributed by atoms with van der Waals surface area (Å²) >= 11 is 0. The molecule has 2 amide bonds. The highest BCUT2D eigenvalue weighted by Crippen LogP contribution is 2.30. The molecular formula is C18H19F3N4O3. The number of benzene rings is 1. The Morgan fingerprint density at radius 2 is 1.96 bits per heavy atom. The molecule has 1 saturated heterocycles. The molecule has 2 aromatic rings. The third-order valence-electron chi connectivity index (χ3n) is 4.34. The second-order valence-corrected chi connectivity index (χ2v) is 6.16. The molecule has 0 spiro atoms. The van der Waals surface area contributed by atoms with Crippen LogP contribution in [-0.2, 0) is 17.5 Å². The molecular weight excluding hydrogens is 377 g/mol. The van der Waals surface area contributed by atoms with Crippen molar-refractivity contribution in [1.82, 2.24) is 14.7 Å². The van der Waals surface area contributed by atoms with E-state index in [4.69, 9.17) is 4.74 Å². The first-order chi connectivity index (χ1) is 13.3. The molecule has 0 radical (unpaired) electrons. The lowest BCUT2D eigenvalue weighted by atomic mass is 10.1. The van der Waals surface area contributed by atoms with Crippen LogP contribution in [0, 0.1) is 0 Å². The molecule has 1 aromatic carbocycles. The van der Waals surface area contributed by atoms with Crippen molar-refractivity contribution in [3.63, 3.8) is 0 Å². The summed E-state index contributed by atoms with van der Waals surface area (Å²) in [6, 6.07) is 4.09. The fourth-order valence-electron chi connectivity index (χ4n) is 2.89. The first-order valence-electron chi connectivity index (χ1n) is 8.72. The fourth-order valence-corrected chi connectivity index (χ4v) is 2.89. The summed E-state index contributed by atoms with van der Waals surface area (Å²) in [6.45, 7) is 3.84. The number of nitrogens with one attached hydrogen (secondary N) is 1. The second-order valence-electron chi connectivity index (χ2n) is 6.16. The lowest BCUT2D eigenvalue weighted by molar-refractivity contribution is -0.137. The highest BCUT2D eigenvalue weighted by molar-refractivity contribution is 6.08. The van der Waals surface area contributed by atoms with Gasteiger partial charge in [0.25, 0.3) is 11.8 Å². The lowest BCUT2D eigenvalue weighted by Crippen LogP contribution is -2.41. The number of aryl methyl sites for hydroxylation is 1. The third-order valence-corrected chi connectivity index (χ3v) is 4.34. The Morgan fingerprint density at radius 1 is 1.25 bits per heavy atom. The lowest BCUT2D eigenvalue weighted by Gasteiger charge is -2.27. The number of halogens is 3. The predicted octanol–water partition coefficient (Wildman–Crippen LogP) is 2.65. The average molecular weight is 396 g/mol. The van der Waals surface area contributed by atoms with Gasteiger partial charge in [-0.1, -0.05) is 6.07 Å². The molecule has 0 saturated carbocycles. The van der Waals surface area contributed by atoms with E-state index in [2.05, 4.69) is 10.4 Å². The van der Waals surface area contributed by atoms with E-state index in [0.29, 0.717) is 32.8 Å². The van der Waals surface area contributed by atoms with Gasteiger partial charge in [-0.3, -0.25) is 14.3 Å². The van der Waals surface area contributed by atoms with E-state index in [-0.39, 0.29) is 22.9 Å². The number of rotatable bonds is 4. The first-order valence-corrected chi connectivity index (χ1v) is 8.72. The molecule has 1 aliphatic rings. The maximum atomic E-state index is 12.9. The minimum absolute atomic E-state index is 0.153. The van der Waals surface area contributed by atoms with Gasteiger partial charge in [0.15, 0.2) is 0 Å². The van der Waals surface area contributed by atoms with Gasteiger partial charge in [-0.25, -0.2) is 0 Å². The predicted molar refractivity (Wildman–Crippen MR) is 94.0 cm³/mol. The van der Waals surface area contributed by atoms with Crippen LogP contribution >= 0.6 is 0 Å². The summed E-state index contributed by atoms with van der Waals surface area (Å²) in [4.78, 5) is 26.9. The molecule has 1 aromatic heterocycles. The molecule has 7 nitrogen and oxygen atoms in total. The quantitative estimate of drug-likeness (QED) is 0.862. The van der Waals surface area contributed by atoms with Crippen LogP contribution in [0.3, 0.4) is 0 Å². The van der Waals surface area contributed by atoms with Crippen LogP contribution in [-0.4, -0.2) is 52.8 Å². The van der Waals surface area contributed by atoms with Gasteiger partial charge in [0, 0.05) is 25.2 Å². The molecule has 1 aliphatic heterocycles. The van der Waals surface area contributed by atoms with Gasteiger partial charge in [0.2, 0.25) is 0 Å². The molecule has 2 heterocycles. The Bertz CT molecular complexity index is 873. The monoisotopic (exact) mass is 396 g/mol. The largest absolute Gasteiger partial charge is 0.416 e. The van der Waals surface area contributed by atoms with Crippen LogP contribution in [0.4, 0.5) is 18.9 Å². The van der Waals surface area contributed by atoms with E-state index < -0.39 is 17.6 Å². The van der Waals surface area contributed by atoms with Crippen LogP contribution in [0.1, 0.15) is 33.3 Å². The van der Waals surface area contributed by atoms with Gasteiger partial charge < -0.3 is 15.0 Å². The third kappa shape index (κ3) is 4.16. The van der Waals surface area contributed by atoms with E-state index in [9.17, 15) is 22.8 Å². The maximum Gasteiger partial charge on any atom is 0.416 e. The highest BCUT2D eigenvalue weighted by atomic mass is 19.4. The molecule has 1 fully saturated rings. The molecule has 3 rings (SSSR count). The van der Waals surface area contributed by atoms with Crippen LogP contribution < -0.4 is 5.32 Å². The zero-order valence-electron chi connectivity index (χ0n) is 15.1. The van der Waals surface area contributed by atoms with Crippen LogP contribution in [0.2, 0.25) is 0 Å². The summed E-state index contributed by atoms with van der Waals surface area (Å²) in [5.74, 6) is -1.07. The average Bonchev–Trinajstić information content (AvgIpc) is 3.10. The summed E-state index contributed by atoms with van der Waals surface area (Å²) in [7, 11) is 0. The maximum absolute atomic E-state index is 12.9. The van der Waals surface area contributed by atoms with Gasteiger partial charge in [-0.15, -0.1) is 0 Å². The Balaban J connectivity index is 1.85. The van der Waals surface area contributed by atoms with Crippen LogP contribution in [0.5, 0.6) is 0 Å². The molecule has 150 valence electrons. The molecule has 0 atom stereocenters. The number of anilines is 1. The van der Waals surface area contributed by atoms with E-state index in [0.717, 1.165) is 18.2 Å². The van der Waals surface area contributed by atoms with Crippen molar-refractivity contribution in [2.45, 2.75) is 19.6 Å². The SMILES string of the molecule is CCn1ncc(NC(=O)c2cccc(C(F)(F)F)c2)c1C(=O)N1CCOCC1. The van der Waals surface area contributed by atoms with Crippen molar-refractivity contribution in [2.75, 3.05) is 31.6 Å². The first kappa shape index (κ1) is 19.9. The molecule has 0 unspecified atom stereocenters. The number of morpholine rings is 1. The number of aromatic nitrogens is 2. The highest BCUT2D eigenvalue weighted by Gasteiger charge is 2.31. The van der Waals surface area contributed by atoms with Gasteiger partial charge in [0.1, 0.15) is 5.69 Å². The van der Waals surface area contributed by atoms with Gasteiger partial charge in [-0.05, 0) is 25.1 Å². The molecule has 28 heavy (non-hydrogen) atoms. The summed E-state index contributed by atoms with van der Waals surface area (Å²) in [6.07, 6.45) is -3.23. The van der Waals surface area contributed by atoms with E-state index in [1.54, 1.807) is 11.8 Å². The summed E-state index contributed by atoms with van der Waals surface area (Å²) in [5.41, 5.74) is -0.747. The van der Waals surface area contributed by atoms with Gasteiger partial charge in [-0.2, -0.15) is 18.3 Å². The smallest absolute Gasteiger partial charge is 0.378 e. The molecule has 0 bridgehead atoms. The van der Waals surface area contributed by atoms with Crippen molar-refractivity contribution < 1.29 is 27.5 Å². The van der Waals surface area contributed by atoms with Crippen molar-refractivity contribution >= 4 is 17.5 Å². The van der Waals surface area contributed by atoms with E-state index in [1.165, 1.54) is 16.9 Å². The minimum atomic E-state index is -4.55. The standard InChI is InChI=1S/C18H19F3N4O3/c1-2-25-15(17(27)24-6-8-28-9-7-24)14(11-22-25)23-16(26)12-4-3-5-13(10-12)18(19,20)21/h3-5,10-11H,2,6-9H2,1H3,(H,23,26). The summed E-state index contributed by atoms with van der Waals surface area (Å²) < 4.78 is 45.3. The number of amides is 2. The second kappa shape index (κ2) is 8.01. The van der Waals surface area contributed by atoms with Crippen LogP contribution in [0.25, 0.3) is 0 Å². The Morgan fingerprint density at radius 3 is 2.61 bits per heavy atom. The zero-order chi connectivity index (χ0) is 20.3. The number of carbonyl (C=O) groups is 2. The van der Waals surface area contributed by atoms with Crippen molar-refractivity contribution in [2.24, 2.45) is 0 Å². The van der Waals surface area contributed by atoms with Crippen molar-refractivity contribution in [3.05, 3.63) is 47.3 Å². The number of nitrogens with zero attached hydrogens (tertiary/aromatic N) is 3. The number of ether oxygens (including phenoxy) is 1. The number of hydrogen-bond acceptors (Lipinski definition) is 4. The summed E-state index contributed by atoms with van der Waals surface area (Å²) in [5, 5.41) is 6.61. The van der Waals surface area contributed by atoms with E-state index in [1.807, 2.05) is 0 Å².